The minimum absolute atomic E-state index is 0.156. The van der Waals surface area contributed by atoms with Crippen LogP contribution in [0.15, 0.2) is 52.7 Å². The van der Waals surface area contributed by atoms with Crippen molar-refractivity contribution in [3.05, 3.63) is 48.0 Å². The predicted molar refractivity (Wildman–Crippen MR) is 109 cm³/mol. The Bertz CT molecular complexity index is 1030. The van der Waals surface area contributed by atoms with Crippen LogP contribution >= 0.6 is 11.8 Å². The monoisotopic (exact) mass is 396 g/mol. The molecule has 28 heavy (non-hydrogen) atoms. The number of methoxy groups -OCH3 is 3. The molecule has 0 fully saturated rings. The zero-order valence-electron chi connectivity index (χ0n) is 16.0. The van der Waals surface area contributed by atoms with Gasteiger partial charge in [0.1, 0.15) is 5.75 Å². The zero-order chi connectivity index (χ0) is 19.7. The van der Waals surface area contributed by atoms with E-state index < -0.39 is 0 Å². The maximum Gasteiger partial charge on any atom is 0.213 e. The molecule has 0 amide bonds. The van der Waals surface area contributed by atoms with Crippen molar-refractivity contribution in [3.8, 4) is 28.6 Å². The van der Waals surface area contributed by atoms with Gasteiger partial charge in [0, 0.05) is 5.56 Å². The highest BCUT2D eigenvalue weighted by atomic mass is 32.2. The van der Waals surface area contributed by atoms with Crippen LogP contribution in [0.1, 0.15) is 12.5 Å². The fourth-order valence-electron chi connectivity index (χ4n) is 3.04. The molecule has 7 nitrogen and oxygen atoms in total. The van der Waals surface area contributed by atoms with Gasteiger partial charge in [-0.15, -0.1) is 10.2 Å². The fraction of sp³-hybridized carbons (Fsp3) is 0.250. The Labute approximate surface area is 167 Å². The molecule has 1 aliphatic heterocycles. The molecule has 3 aromatic rings. The molecule has 0 radical (unpaired) electrons. The van der Waals surface area contributed by atoms with Crippen LogP contribution in [0.2, 0.25) is 0 Å². The average Bonchev–Trinajstić information content (AvgIpc) is 3.15. The standard InChI is InChI=1S/C20H20N4O3S/c1-12-18(13-5-8-15(25-2)9-6-13)23-24-19(21-22-20(24)28-12)14-7-10-16(26-3)17(11-14)27-4/h5-12H,1-4H3/t12-/m0/s1. The van der Waals surface area contributed by atoms with E-state index in [0.29, 0.717) is 17.3 Å². The summed E-state index contributed by atoms with van der Waals surface area (Å²) >= 11 is 1.63. The predicted octanol–water partition coefficient (Wildman–Crippen LogP) is 3.72. The Kier molecular flexibility index (Phi) is 4.95. The van der Waals surface area contributed by atoms with E-state index in [1.165, 1.54) is 0 Å². The number of ether oxygens (including phenoxy) is 3. The van der Waals surface area contributed by atoms with Crippen molar-refractivity contribution in [1.82, 2.24) is 14.9 Å². The molecule has 0 saturated carbocycles. The molecular weight excluding hydrogens is 376 g/mol. The number of benzene rings is 2. The molecule has 0 bridgehead atoms. The van der Waals surface area contributed by atoms with Crippen LogP contribution in [0.4, 0.5) is 0 Å². The molecule has 8 heteroatoms. The van der Waals surface area contributed by atoms with Crippen LogP contribution in [-0.4, -0.2) is 47.2 Å². The molecule has 1 aliphatic rings. The molecule has 0 N–H and O–H groups in total. The quantitative estimate of drug-likeness (QED) is 0.655. The van der Waals surface area contributed by atoms with Gasteiger partial charge in [-0.2, -0.15) is 9.78 Å². The van der Waals surface area contributed by atoms with Gasteiger partial charge in [-0.3, -0.25) is 0 Å². The van der Waals surface area contributed by atoms with Crippen molar-refractivity contribution in [2.45, 2.75) is 17.3 Å². The van der Waals surface area contributed by atoms with Gasteiger partial charge in [-0.25, -0.2) is 0 Å². The van der Waals surface area contributed by atoms with Gasteiger partial charge >= 0.3 is 0 Å². The summed E-state index contributed by atoms with van der Waals surface area (Å²) in [6, 6.07) is 13.5. The number of hydrogen-bond donors (Lipinski definition) is 0. The van der Waals surface area contributed by atoms with Crippen molar-refractivity contribution < 1.29 is 14.2 Å². The lowest BCUT2D eigenvalue weighted by molar-refractivity contribution is 0.355. The number of hydrogen-bond acceptors (Lipinski definition) is 7. The second-order valence-electron chi connectivity index (χ2n) is 6.16. The Morgan fingerprint density at radius 1 is 0.857 bits per heavy atom. The van der Waals surface area contributed by atoms with Crippen molar-refractivity contribution in [2.75, 3.05) is 21.3 Å². The van der Waals surface area contributed by atoms with Crippen molar-refractivity contribution in [1.29, 1.82) is 0 Å². The van der Waals surface area contributed by atoms with Crippen LogP contribution < -0.4 is 14.2 Å². The van der Waals surface area contributed by atoms with Gasteiger partial charge in [-0.05, 0) is 55.0 Å². The van der Waals surface area contributed by atoms with E-state index >= 15 is 0 Å². The van der Waals surface area contributed by atoms with Crippen LogP contribution in [0.3, 0.4) is 0 Å². The first kappa shape index (κ1) is 18.4. The van der Waals surface area contributed by atoms with Crippen molar-refractivity contribution in [3.63, 3.8) is 0 Å². The Hall–Kier alpha value is -3.00. The summed E-state index contributed by atoms with van der Waals surface area (Å²) < 4.78 is 17.8. The molecule has 2 heterocycles. The molecule has 0 unspecified atom stereocenters. The number of fused-ring (bicyclic) bond motifs is 1. The number of nitrogens with zero attached hydrogens (tertiary/aromatic N) is 4. The topological polar surface area (TPSA) is 70.8 Å². The summed E-state index contributed by atoms with van der Waals surface area (Å²) in [6.45, 7) is 2.11. The highest BCUT2D eigenvalue weighted by Crippen LogP contribution is 2.36. The minimum atomic E-state index is 0.156. The normalized spacial score (nSPS) is 15.6. The summed E-state index contributed by atoms with van der Waals surface area (Å²) in [5.41, 5.74) is 2.85. The van der Waals surface area contributed by atoms with E-state index in [1.54, 1.807) is 37.8 Å². The van der Waals surface area contributed by atoms with Gasteiger partial charge in [0.25, 0.3) is 0 Å². The summed E-state index contributed by atoms with van der Waals surface area (Å²) in [5, 5.41) is 14.4. The van der Waals surface area contributed by atoms with Gasteiger partial charge in [0.15, 0.2) is 17.3 Å². The molecule has 1 atom stereocenters. The lowest BCUT2D eigenvalue weighted by Crippen LogP contribution is -2.21. The third kappa shape index (κ3) is 3.20. The summed E-state index contributed by atoms with van der Waals surface area (Å²) in [5.74, 6) is 2.77. The van der Waals surface area contributed by atoms with Crippen LogP contribution in [0, 0.1) is 0 Å². The Balaban J connectivity index is 1.77. The van der Waals surface area contributed by atoms with Gasteiger partial charge in [0.05, 0.1) is 32.3 Å². The second kappa shape index (κ2) is 7.55. The van der Waals surface area contributed by atoms with Gasteiger partial charge in [-0.1, -0.05) is 11.8 Å². The van der Waals surface area contributed by atoms with Crippen molar-refractivity contribution >= 4 is 17.5 Å². The van der Waals surface area contributed by atoms with E-state index in [-0.39, 0.29) is 5.25 Å². The summed E-state index contributed by atoms with van der Waals surface area (Å²) in [6.07, 6.45) is 0. The maximum absolute atomic E-state index is 5.41. The first-order valence-electron chi connectivity index (χ1n) is 8.72. The third-order valence-electron chi connectivity index (χ3n) is 4.51. The number of thioether (sulfide) groups is 1. The molecule has 4 rings (SSSR count). The molecule has 1 aromatic heterocycles. The zero-order valence-corrected chi connectivity index (χ0v) is 16.9. The van der Waals surface area contributed by atoms with E-state index in [0.717, 1.165) is 27.7 Å². The average molecular weight is 396 g/mol. The SMILES string of the molecule is COc1ccc(C2=Nn3c(nnc3-c3ccc(OC)c(OC)c3)S[C@H]2C)cc1. The molecule has 144 valence electrons. The van der Waals surface area contributed by atoms with Gasteiger partial charge < -0.3 is 14.2 Å². The van der Waals surface area contributed by atoms with E-state index in [2.05, 4.69) is 17.1 Å². The maximum atomic E-state index is 5.41. The van der Waals surface area contributed by atoms with Crippen LogP contribution in [0.5, 0.6) is 17.2 Å². The highest BCUT2D eigenvalue weighted by molar-refractivity contribution is 8.00. The summed E-state index contributed by atoms with van der Waals surface area (Å²) in [7, 11) is 4.88. The number of rotatable bonds is 5. The minimum Gasteiger partial charge on any atom is -0.497 e. The first-order valence-corrected chi connectivity index (χ1v) is 9.60. The first-order chi connectivity index (χ1) is 13.6. The molecule has 2 aromatic carbocycles. The summed E-state index contributed by atoms with van der Waals surface area (Å²) in [4.78, 5) is 0. The lowest BCUT2D eigenvalue weighted by atomic mass is 10.1. The van der Waals surface area contributed by atoms with Crippen molar-refractivity contribution in [2.24, 2.45) is 5.10 Å². The van der Waals surface area contributed by atoms with Crippen LogP contribution in [0.25, 0.3) is 11.4 Å². The third-order valence-corrected chi connectivity index (χ3v) is 5.56. The fourth-order valence-corrected chi connectivity index (χ4v) is 3.97. The second-order valence-corrected chi connectivity index (χ2v) is 7.47. The molecule has 0 saturated heterocycles. The number of aromatic nitrogens is 3. The molecular formula is C20H20N4O3S. The largest absolute Gasteiger partial charge is 0.497 e. The van der Waals surface area contributed by atoms with Gasteiger partial charge in [0.2, 0.25) is 5.16 Å². The Morgan fingerprint density at radius 2 is 1.57 bits per heavy atom. The molecule has 0 aliphatic carbocycles. The van der Waals surface area contributed by atoms with E-state index in [9.17, 15) is 0 Å². The lowest BCUT2D eigenvalue weighted by Gasteiger charge is -2.20. The highest BCUT2D eigenvalue weighted by Gasteiger charge is 2.26. The van der Waals surface area contributed by atoms with E-state index in [4.69, 9.17) is 19.3 Å². The Morgan fingerprint density at radius 3 is 2.25 bits per heavy atom. The van der Waals surface area contributed by atoms with E-state index in [1.807, 2.05) is 42.5 Å². The van der Waals surface area contributed by atoms with Crippen LogP contribution in [-0.2, 0) is 0 Å². The molecule has 0 spiro atoms. The smallest absolute Gasteiger partial charge is 0.213 e.